The number of pyridine rings is 1. The van der Waals surface area contributed by atoms with Gasteiger partial charge in [0.1, 0.15) is 16.8 Å². The minimum atomic E-state index is -0.671. The van der Waals surface area contributed by atoms with E-state index in [4.69, 9.17) is 4.74 Å². The van der Waals surface area contributed by atoms with E-state index >= 15 is 0 Å². The summed E-state index contributed by atoms with van der Waals surface area (Å²) in [4.78, 5) is 39.5. The highest BCUT2D eigenvalue weighted by Gasteiger charge is 2.25. The van der Waals surface area contributed by atoms with Crippen LogP contribution in [-0.4, -0.2) is 55.4 Å². The summed E-state index contributed by atoms with van der Waals surface area (Å²) in [6.45, 7) is 1.30. The van der Waals surface area contributed by atoms with Crippen LogP contribution in [0.3, 0.4) is 0 Å². The number of carbonyl (C=O) groups excluding carboxylic acids is 1. The number of methoxy groups -OCH3 is 1. The summed E-state index contributed by atoms with van der Waals surface area (Å²) >= 11 is 0. The molecule has 0 aliphatic carbocycles. The number of carbonyl (C=O) groups is 1. The topological polar surface area (TPSA) is 115 Å². The van der Waals surface area contributed by atoms with Gasteiger partial charge in [0, 0.05) is 44.9 Å². The molecule has 0 unspecified atom stereocenters. The monoisotopic (exact) mass is 370 g/mol. The van der Waals surface area contributed by atoms with Crippen molar-refractivity contribution in [2.24, 2.45) is 7.05 Å². The number of fused-ring (bicyclic) bond motifs is 2. The molecule has 140 valence electrons. The fourth-order valence-corrected chi connectivity index (χ4v) is 3.34. The second kappa shape index (κ2) is 6.38. The number of aromatic hydroxyl groups is 1. The summed E-state index contributed by atoms with van der Waals surface area (Å²) in [7, 11) is 3.11. The Morgan fingerprint density at radius 2 is 2.07 bits per heavy atom. The van der Waals surface area contributed by atoms with E-state index in [1.54, 1.807) is 12.5 Å². The number of ether oxygens (including phenoxy) is 1. The van der Waals surface area contributed by atoms with E-state index in [2.05, 4.69) is 15.0 Å². The molecule has 1 N–H and O–H groups in total. The highest BCUT2D eigenvalue weighted by atomic mass is 16.5. The Hall–Kier alpha value is -3.43. The largest absolute Gasteiger partial charge is 0.507 e. The highest BCUT2D eigenvalue weighted by molar-refractivity contribution is 5.93. The zero-order valence-corrected chi connectivity index (χ0v) is 14.9. The molecule has 10 nitrogen and oxygen atoms in total. The molecule has 1 aliphatic heterocycles. The van der Waals surface area contributed by atoms with Gasteiger partial charge in [0.15, 0.2) is 5.65 Å². The van der Waals surface area contributed by atoms with E-state index in [1.807, 2.05) is 16.5 Å². The van der Waals surface area contributed by atoms with E-state index in [0.29, 0.717) is 43.3 Å². The quantitative estimate of drug-likeness (QED) is 0.631. The predicted molar refractivity (Wildman–Crippen MR) is 95.9 cm³/mol. The first-order chi connectivity index (χ1) is 13.0. The second-order valence-electron chi connectivity index (χ2n) is 6.30. The first-order valence-electron chi connectivity index (χ1n) is 8.42. The molecule has 0 spiro atoms. The minimum Gasteiger partial charge on any atom is -0.507 e. The minimum absolute atomic E-state index is 0.0278. The van der Waals surface area contributed by atoms with Gasteiger partial charge in [0.25, 0.3) is 5.56 Å². The van der Waals surface area contributed by atoms with E-state index < -0.39 is 5.97 Å². The number of nitrogens with zero attached hydrogens (tertiary/aromatic N) is 6. The maximum atomic E-state index is 12.3. The van der Waals surface area contributed by atoms with Crippen molar-refractivity contribution >= 4 is 23.1 Å². The van der Waals surface area contributed by atoms with Gasteiger partial charge in [-0.15, -0.1) is 0 Å². The van der Waals surface area contributed by atoms with Crippen LogP contribution in [0.15, 0.2) is 23.4 Å². The van der Waals surface area contributed by atoms with Crippen LogP contribution < -0.4 is 10.5 Å². The van der Waals surface area contributed by atoms with Gasteiger partial charge in [0.05, 0.1) is 19.6 Å². The average molecular weight is 370 g/mol. The van der Waals surface area contributed by atoms with Crippen molar-refractivity contribution < 1.29 is 14.6 Å². The lowest BCUT2D eigenvalue weighted by molar-refractivity contribution is 0.0594. The number of hydrogen-bond donors (Lipinski definition) is 1. The van der Waals surface area contributed by atoms with Crippen LogP contribution in [0.5, 0.6) is 5.75 Å². The zero-order valence-electron chi connectivity index (χ0n) is 14.9. The molecule has 4 heterocycles. The predicted octanol–water partition coefficient (Wildman–Crippen LogP) is 0.0799. The molecule has 0 amide bonds. The lowest BCUT2D eigenvalue weighted by Gasteiger charge is -2.19. The van der Waals surface area contributed by atoms with Crippen molar-refractivity contribution in [1.82, 2.24) is 24.1 Å². The van der Waals surface area contributed by atoms with Gasteiger partial charge in [-0.25, -0.2) is 14.8 Å². The van der Waals surface area contributed by atoms with Gasteiger partial charge in [-0.3, -0.25) is 4.79 Å². The van der Waals surface area contributed by atoms with Crippen molar-refractivity contribution in [3.8, 4) is 5.75 Å². The lowest BCUT2D eigenvalue weighted by atomic mass is 10.1. The molecule has 27 heavy (non-hydrogen) atoms. The summed E-state index contributed by atoms with van der Waals surface area (Å²) in [5.74, 6) is -0.528. The van der Waals surface area contributed by atoms with Crippen LogP contribution in [0.1, 0.15) is 16.1 Å². The van der Waals surface area contributed by atoms with Crippen molar-refractivity contribution in [3.05, 3.63) is 40.2 Å². The molecule has 0 aromatic carbocycles. The Morgan fingerprint density at radius 3 is 2.85 bits per heavy atom. The standard InChI is InChI=1S/C17H18N6O4/c1-21-9-19-15-11(21)8-18-17(20-15)22-4-3-10-14(16(26)27-2)12(24)7-13(25)23(10)6-5-22/h7-9,24H,3-6H2,1-2H3. The molecule has 3 aromatic rings. The van der Waals surface area contributed by atoms with Crippen molar-refractivity contribution in [2.45, 2.75) is 13.0 Å². The number of rotatable bonds is 2. The Labute approximate surface area is 153 Å². The number of esters is 1. The van der Waals surface area contributed by atoms with Gasteiger partial charge >= 0.3 is 5.97 Å². The third-order valence-electron chi connectivity index (χ3n) is 4.75. The number of aromatic nitrogens is 5. The molecule has 4 rings (SSSR count). The molecule has 0 saturated heterocycles. The summed E-state index contributed by atoms with van der Waals surface area (Å²) < 4.78 is 8.09. The molecule has 0 fully saturated rings. The van der Waals surface area contributed by atoms with Crippen molar-refractivity contribution in [3.63, 3.8) is 0 Å². The van der Waals surface area contributed by atoms with E-state index in [1.165, 1.54) is 11.7 Å². The van der Waals surface area contributed by atoms with Crippen LogP contribution in [0.2, 0.25) is 0 Å². The maximum absolute atomic E-state index is 12.3. The zero-order chi connectivity index (χ0) is 19.1. The third kappa shape index (κ3) is 2.78. The van der Waals surface area contributed by atoms with Gasteiger partial charge in [-0.05, 0) is 0 Å². The lowest BCUT2D eigenvalue weighted by Crippen LogP contribution is -2.30. The van der Waals surface area contributed by atoms with Gasteiger partial charge < -0.3 is 23.9 Å². The highest BCUT2D eigenvalue weighted by Crippen LogP contribution is 2.23. The smallest absolute Gasteiger partial charge is 0.343 e. The fourth-order valence-electron chi connectivity index (χ4n) is 3.34. The summed E-state index contributed by atoms with van der Waals surface area (Å²) in [6.07, 6.45) is 3.74. The molecular formula is C17H18N6O4. The van der Waals surface area contributed by atoms with Gasteiger partial charge in [-0.2, -0.15) is 4.98 Å². The number of imidazole rings is 1. The van der Waals surface area contributed by atoms with E-state index in [-0.39, 0.29) is 16.9 Å². The number of anilines is 1. The molecule has 1 aliphatic rings. The third-order valence-corrected chi connectivity index (χ3v) is 4.75. The molecule has 0 bridgehead atoms. The Bertz CT molecular complexity index is 1100. The molecule has 0 saturated carbocycles. The summed E-state index contributed by atoms with van der Waals surface area (Å²) in [5, 5.41) is 10.1. The Morgan fingerprint density at radius 1 is 1.26 bits per heavy atom. The maximum Gasteiger partial charge on any atom is 0.343 e. The Kier molecular flexibility index (Phi) is 4.02. The van der Waals surface area contributed by atoms with Gasteiger partial charge in [0.2, 0.25) is 5.95 Å². The molecule has 10 heteroatoms. The van der Waals surface area contributed by atoms with E-state index in [9.17, 15) is 14.7 Å². The van der Waals surface area contributed by atoms with Crippen LogP contribution in [0, 0.1) is 0 Å². The molecular weight excluding hydrogens is 352 g/mol. The SMILES string of the molecule is COC(=O)c1c(O)cc(=O)n2c1CCN(c1ncc3c(ncn3C)n1)CC2. The molecule has 0 atom stereocenters. The number of hydrogen-bond acceptors (Lipinski definition) is 8. The normalized spacial score (nSPS) is 14.1. The van der Waals surface area contributed by atoms with E-state index in [0.717, 1.165) is 11.6 Å². The van der Waals surface area contributed by atoms with Crippen LogP contribution in [0.25, 0.3) is 11.2 Å². The number of aryl methyl sites for hydroxylation is 1. The van der Waals surface area contributed by atoms with Crippen molar-refractivity contribution in [2.75, 3.05) is 25.1 Å². The van der Waals surface area contributed by atoms with Crippen LogP contribution >= 0.6 is 0 Å². The molecule has 0 radical (unpaired) electrons. The second-order valence-corrected chi connectivity index (χ2v) is 6.30. The van der Waals surface area contributed by atoms with Gasteiger partial charge in [-0.1, -0.05) is 0 Å². The van der Waals surface area contributed by atoms with Crippen LogP contribution in [0.4, 0.5) is 5.95 Å². The Balaban J connectivity index is 1.71. The van der Waals surface area contributed by atoms with Crippen LogP contribution in [-0.2, 0) is 24.8 Å². The molecule has 3 aromatic heterocycles. The summed E-state index contributed by atoms with van der Waals surface area (Å²) in [5.41, 5.74) is 1.53. The first kappa shape index (κ1) is 17.0. The fraction of sp³-hybridized carbons (Fsp3) is 0.353. The average Bonchev–Trinajstić information content (AvgIpc) is 2.88. The first-order valence-corrected chi connectivity index (χ1v) is 8.42. The van der Waals surface area contributed by atoms with Crippen molar-refractivity contribution in [1.29, 1.82) is 0 Å². The summed E-state index contributed by atoms with van der Waals surface area (Å²) in [6, 6.07) is 1.04.